The van der Waals surface area contributed by atoms with Crippen LogP contribution in [0.4, 0.5) is 0 Å². The van der Waals surface area contributed by atoms with Crippen molar-refractivity contribution in [3.8, 4) is 0 Å². The Morgan fingerprint density at radius 1 is 0.767 bits per heavy atom. The summed E-state index contributed by atoms with van der Waals surface area (Å²) >= 11 is 4.17. The van der Waals surface area contributed by atoms with Gasteiger partial charge in [-0.25, -0.2) is 0 Å². The van der Waals surface area contributed by atoms with E-state index in [0.29, 0.717) is 0 Å². The molecule has 1 saturated carbocycles. The van der Waals surface area contributed by atoms with Crippen LogP contribution >= 0.6 is 22.7 Å². The van der Waals surface area contributed by atoms with Crippen LogP contribution in [0, 0.1) is 11.8 Å². The number of fused-ring (bicyclic) bond motifs is 1. The lowest BCUT2D eigenvalue weighted by Gasteiger charge is -2.32. The highest BCUT2D eigenvalue weighted by Crippen LogP contribution is 2.44. The lowest BCUT2D eigenvalue weighted by molar-refractivity contribution is 0.237. The minimum absolute atomic E-state index is 0.762. The van der Waals surface area contributed by atoms with Crippen molar-refractivity contribution in [1.82, 2.24) is 0 Å². The van der Waals surface area contributed by atoms with Gasteiger partial charge in [-0.1, -0.05) is 97.8 Å². The van der Waals surface area contributed by atoms with Gasteiger partial charge in [-0.15, -0.1) is 22.7 Å². The highest BCUT2D eigenvalue weighted by Gasteiger charge is 2.27. The van der Waals surface area contributed by atoms with E-state index in [2.05, 4.69) is 55.6 Å². The fourth-order valence-electron chi connectivity index (χ4n) is 5.40. The summed E-state index contributed by atoms with van der Waals surface area (Å²) in [6.45, 7) is 7.13. The molecular formula is C28H46S2. The topological polar surface area (TPSA) is 0 Å². The maximum atomic E-state index is 2.55. The van der Waals surface area contributed by atoms with Gasteiger partial charge in [-0.3, -0.25) is 0 Å². The van der Waals surface area contributed by atoms with Gasteiger partial charge in [0.05, 0.1) is 0 Å². The number of hydrogen-bond acceptors (Lipinski definition) is 2. The first-order chi connectivity index (χ1) is 14.7. The van der Waals surface area contributed by atoms with Gasteiger partial charge in [-0.2, -0.15) is 0 Å². The van der Waals surface area contributed by atoms with E-state index in [4.69, 9.17) is 0 Å². The number of hydrogen-bond donors (Lipinski definition) is 0. The molecule has 0 aliphatic heterocycles. The zero-order chi connectivity index (χ0) is 21.2. The van der Waals surface area contributed by atoms with E-state index in [1.807, 2.05) is 0 Å². The molecule has 2 heteroatoms. The first kappa shape index (κ1) is 24.3. The molecule has 0 saturated heterocycles. The molecule has 0 N–H and O–H groups in total. The van der Waals surface area contributed by atoms with Crippen LogP contribution in [0.25, 0.3) is 9.40 Å². The minimum Gasteiger partial charge on any atom is -0.139 e. The van der Waals surface area contributed by atoms with Crippen LogP contribution in [-0.2, 0) is 6.42 Å². The molecule has 0 nitrogen and oxygen atoms in total. The summed E-state index contributed by atoms with van der Waals surface area (Å²) in [5, 5.41) is 0. The van der Waals surface area contributed by atoms with Crippen LogP contribution in [0.1, 0.15) is 133 Å². The molecule has 3 rings (SSSR count). The second kappa shape index (κ2) is 13.3. The normalized spacial score (nSPS) is 20.8. The molecule has 0 aromatic carbocycles. The Morgan fingerprint density at radius 2 is 1.40 bits per heavy atom. The second-order valence-corrected chi connectivity index (χ2v) is 12.3. The molecule has 2 aromatic heterocycles. The Morgan fingerprint density at radius 3 is 2.07 bits per heavy atom. The summed E-state index contributed by atoms with van der Waals surface area (Å²) in [5.74, 6) is 2.71. The van der Waals surface area contributed by atoms with E-state index >= 15 is 0 Å². The Bertz CT molecular complexity index is 670. The van der Waals surface area contributed by atoms with Crippen LogP contribution in [-0.4, -0.2) is 0 Å². The van der Waals surface area contributed by atoms with Crippen molar-refractivity contribution >= 4 is 32.1 Å². The summed E-state index contributed by atoms with van der Waals surface area (Å²) in [7, 11) is 0. The number of aryl methyl sites for hydroxylation is 1. The molecule has 2 heterocycles. The van der Waals surface area contributed by atoms with Gasteiger partial charge >= 0.3 is 0 Å². The number of unbranched alkanes of at least 4 members (excludes halogenated alkanes) is 8. The van der Waals surface area contributed by atoms with Crippen molar-refractivity contribution in [2.75, 3.05) is 0 Å². The lowest BCUT2D eigenvalue weighted by atomic mass is 9.74. The van der Waals surface area contributed by atoms with E-state index in [1.54, 1.807) is 19.2 Å². The largest absolute Gasteiger partial charge is 0.139 e. The number of rotatable bonds is 14. The summed E-state index contributed by atoms with van der Waals surface area (Å²) in [6.07, 6.45) is 22.9. The average molecular weight is 447 g/mol. The van der Waals surface area contributed by atoms with Crippen LogP contribution in [0.3, 0.4) is 0 Å². The summed E-state index contributed by atoms with van der Waals surface area (Å²) in [4.78, 5) is 3.28. The SMILES string of the molecule is CCCCCCCc1cc2sc(C(C)C3CCC(CCCCCCC)CC3)cc2s1. The van der Waals surface area contributed by atoms with Crippen molar-refractivity contribution in [3.63, 3.8) is 0 Å². The van der Waals surface area contributed by atoms with E-state index < -0.39 is 0 Å². The highest BCUT2D eigenvalue weighted by molar-refractivity contribution is 7.27. The maximum Gasteiger partial charge on any atom is 0.0456 e. The molecule has 0 bridgehead atoms. The van der Waals surface area contributed by atoms with Crippen molar-refractivity contribution in [1.29, 1.82) is 0 Å². The molecule has 30 heavy (non-hydrogen) atoms. The van der Waals surface area contributed by atoms with Gasteiger partial charge in [0.1, 0.15) is 0 Å². The molecule has 1 unspecified atom stereocenters. The number of thiophene rings is 2. The molecule has 1 aliphatic rings. The van der Waals surface area contributed by atoms with E-state index in [0.717, 1.165) is 17.8 Å². The van der Waals surface area contributed by atoms with Crippen LogP contribution < -0.4 is 0 Å². The molecule has 0 radical (unpaired) electrons. The van der Waals surface area contributed by atoms with Crippen molar-refractivity contribution in [2.24, 2.45) is 11.8 Å². The van der Waals surface area contributed by atoms with Crippen LogP contribution in [0.5, 0.6) is 0 Å². The fourth-order valence-corrected chi connectivity index (χ4v) is 8.02. The minimum atomic E-state index is 0.762. The monoisotopic (exact) mass is 446 g/mol. The maximum absolute atomic E-state index is 2.55. The summed E-state index contributed by atoms with van der Waals surface area (Å²) in [6, 6.07) is 5.06. The van der Waals surface area contributed by atoms with Crippen molar-refractivity contribution in [2.45, 2.75) is 129 Å². The predicted octanol–water partition coefficient (Wildman–Crippen LogP) is 10.7. The van der Waals surface area contributed by atoms with Gasteiger partial charge in [0.15, 0.2) is 0 Å². The Labute approximate surface area is 194 Å². The predicted molar refractivity (Wildman–Crippen MR) is 139 cm³/mol. The van der Waals surface area contributed by atoms with Gasteiger partial charge in [0.2, 0.25) is 0 Å². The van der Waals surface area contributed by atoms with Crippen molar-refractivity contribution < 1.29 is 0 Å². The Balaban J connectivity index is 1.41. The van der Waals surface area contributed by atoms with Gasteiger partial charge in [-0.05, 0) is 55.6 Å². The first-order valence-corrected chi connectivity index (χ1v) is 14.9. The van der Waals surface area contributed by atoms with Gasteiger partial charge < -0.3 is 0 Å². The molecule has 1 fully saturated rings. The highest BCUT2D eigenvalue weighted by atomic mass is 32.1. The molecule has 0 amide bonds. The average Bonchev–Trinajstić information content (AvgIpc) is 3.32. The van der Waals surface area contributed by atoms with E-state index in [1.165, 1.54) is 103 Å². The van der Waals surface area contributed by atoms with Crippen molar-refractivity contribution in [3.05, 3.63) is 21.9 Å². The molecule has 170 valence electrons. The fraction of sp³-hybridized carbons (Fsp3) is 0.786. The third-order valence-electron chi connectivity index (χ3n) is 7.57. The second-order valence-electron chi connectivity index (χ2n) is 10.0. The summed E-state index contributed by atoms with van der Waals surface area (Å²) < 4.78 is 3.12. The molecular weight excluding hydrogens is 400 g/mol. The standard InChI is InChI=1S/C28H46S2/c1-4-6-8-10-12-14-23-16-18-24(19-17-23)22(3)26-21-28-27(30-26)20-25(29-28)15-13-11-9-7-5-2/h20-24H,4-19H2,1-3H3. The molecule has 1 aliphatic carbocycles. The molecule has 2 aromatic rings. The lowest BCUT2D eigenvalue weighted by Crippen LogP contribution is -2.18. The smallest absolute Gasteiger partial charge is 0.0456 e. The third-order valence-corrected chi connectivity index (χ3v) is 10.1. The summed E-state index contributed by atoms with van der Waals surface area (Å²) in [5.41, 5.74) is 0. The zero-order valence-electron chi connectivity index (χ0n) is 20.0. The first-order valence-electron chi connectivity index (χ1n) is 13.2. The third kappa shape index (κ3) is 7.37. The molecule has 0 spiro atoms. The Kier molecular flexibility index (Phi) is 10.7. The van der Waals surface area contributed by atoms with E-state index in [-0.39, 0.29) is 0 Å². The van der Waals surface area contributed by atoms with Crippen LogP contribution in [0.2, 0.25) is 0 Å². The van der Waals surface area contributed by atoms with Gasteiger partial charge in [0, 0.05) is 19.2 Å². The van der Waals surface area contributed by atoms with Crippen LogP contribution in [0.15, 0.2) is 12.1 Å². The van der Waals surface area contributed by atoms with Gasteiger partial charge in [0.25, 0.3) is 0 Å². The zero-order valence-corrected chi connectivity index (χ0v) is 21.6. The Hall–Kier alpha value is -0.340. The molecule has 1 atom stereocenters. The van der Waals surface area contributed by atoms with E-state index in [9.17, 15) is 0 Å². The quantitative estimate of drug-likeness (QED) is 0.253.